The average molecular weight is 423 g/mol. The second-order valence-electron chi connectivity index (χ2n) is 6.31. The molecule has 0 heterocycles. The summed E-state index contributed by atoms with van der Waals surface area (Å²) in [5.41, 5.74) is 2.64. The van der Waals surface area contributed by atoms with E-state index in [2.05, 4.69) is 0 Å². The molecule has 0 spiro atoms. The van der Waals surface area contributed by atoms with E-state index in [1.807, 2.05) is 25.1 Å². The summed E-state index contributed by atoms with van der Waals surface area (Å²) in [6, 6.07) is 13.4. The molecule has 6 heteroatoms. The summed E-state index contributed by atoms with van der Waals surface area (Å²) in [4.78, 5) is 2.03. The van der Waals surface area contributed by atoms with Gasteiger partial charge in [-0.3, -0.25) is 0 Å². The minimum atomic E-state index is -0.738. The van der Waals surface area contributed by atoms with Gasteiger partial charge in [-0.25, -0.2) is 4.39 Å². The molecule has 0 fully saturated rings. The van der Waals surface area contributed by atoms with E-state index in [1.54, 1.807) is 30.3 Å². The SMILES string of the molecule is Br.CN(C)C(CCC(O)c1ccc(C#N)cc1CO)c1ccc(F)cc1. The van der Waals surface area contributed by atoms with Crippen molar-refractivity contribution in [2.24, 2.45) is 0 Å². The summed E-state index contributed by atoms with van der Waals surface area (Å²) < 4.78 is 13.1. The lowest BCUT2D eigenvalue weighted by molar-refractivity contribution is 0.144. The van der Waals surface area contributed by atoms with Crippen molar-refractivity contribution in [2.45, 2.75) is 31.6 Å². The number of rotatable bonds is 7. The zero-order valence-electron chi connectivity index (χ0n) is 14.9. The molecule has 0 saturated carbocycles. The predicted octanol–water partition coefficient (Wildman–Crippen LogP) is 3.88. The van der Waals surface area contributed by atoms with Gasteiger partial charge in [-0.1, -0.05) is 18.2 Å². The van der Waals surface area contributed by atoms with Crippen molar-refractivity contribution in [1.29, 1.82) is 5.26 Å². The highest BCUT2D eigenvalue weighted by atomic mass is 79.9. The third kappa shape index (κ3) is 5.61. The highest BCUT2D eigenvalue weighted by Gasteiger charge is 2.19. The first kappa shape index (κ1) is 22.3. The number of aliphatic hydroxyl groups excluding tert-OH is 2. The summed E-state index contributed by atoms with van der Waals surface area (Å²) in [5, 5.41) is 29.0. The zero-order valence-corrected chi connectivity index (χ0v) is 16.6. The summed E-state index contributed by atoms with van der Waals surface area (Å²) in [7, 11) is 3.89. The van der Waals surface area contributed by atoms with Gasteiger partial charge in [-0.2, -0.15) is 5.26 Å². The van der Waals surface area contributed by atoms with Crippen LogP contribution in [0.1, 0.15) is 47.2 Å². The lowest BCUT2D eigenvalue weighted by atomic mass is 9.93. The summed E-state index contributed by atoms with van der Waals surface area (Å²) in [6.45, 7) is -0.225. The van der Waals surface area contributed by atoms with Gasteiger partial charge in [0.25, 0.3) is 0 Å². The lowest BCUT2D eigenvalue weighted by Crippen LogP contribution is -2.21. The largest absolute Gasteiger partial charge is 0.392 e. The Balaban J connectivity index is 0.00000338. The Labute approximate surface area is 164 Å². The molecule has 26 heavy (non-hydrogen) atoms. The van der Waals surface area contributed by atoms with Crippen LogP contribution in [0.2, 0.25) is 0 Å². The number of benzene rings is 2. The Morgan fingerprint density at radius 2 is 1.77 bits per heavy atom. The van der Waals surface area contributed by atoms with E-state index in [-0.39, 0.29) is 35.4 Å². The highest BCUT2D eigenvalue weighted by Crippen LogP contribution is 2.30. The van der Waals surface area contributed by atoms with Crippen LogP contribution < -0.4 is 0 Å². The monoisotopic (exact) mass is 422 g/mol. The van der Waals surface area contributed by atoms with E-state index < -0.39 is 6.10 Å². The molecule has 2 aromatic carbocycles. The van der Waals surface area contributed by atoms with Crippen molar-refractivity contribution in [1.82, 2.24) is 4.90 Å². The van der Waals surface area contributed by atoms with Crippen LogP contribution in [0.25, 0.3) is 0 Å². The summed E-state index contributed by atoms with van der Waals surface area (Å²) >= 11 is 0. The molecule has 0 bridgehead atoms. The molecule has 0 aliphatic rings. The average Bonchev–Trinajstić information content (AvgIpc) is 2.62. The zero-order chi connectivity index (χ0) is 18.4. The normalized spacial score (nSPS) is 13.0. The Morgan fingerprint density at radius 1 is 1.12 bits per heavy atom. The van der Waals surface area contributed by atoms with Gasteiger partial charge in [-0.05, 0) is 67.9 Å². The van der Waals surface area contributed by atoms with Crippen molar-refractivity contribution in [3.8, 4) is 6.07 Å². The maximum Gasteiger partial charge on any atom is 0.123 e. The Hall–Kier alpha value is -1.78. The van der Waals surface area contributed by atoms with Crippen LogP contribution in [0.15, 0.2) is 42.5 Å². The highest BCUT2D eigenvalue weighted by molar-refractivity contribution is 8.93. The number of aliphatic hydroxyl groups is 2. The van der Waals surface area contributed by atoms with E-state index in [0.29, 0.717) is 29.5 Å². The van der Waals surface area contributed by atoms with Crippen LogP contribution in [-0.2, 0) is 6.61 Å². The number of halogens is 2. The second kappa shape index (κ2) is 10.4. The molecule has 2 rings (SSSR count). The van der Waals surface area contributed by atoms with E-state index >= 15 is 0 Å². The van der Waals surface area contributed by atoms with Crippen LogP contribution in [0.3, 0.4) is 0 Å². The molecule has 0 aliphatic carbocycles. The number of hydrogen-bond donors (Lipinski definition) is 2. The number of hydrogen-bond acceptors (Lipinski definition) is 4. The molecular formula is C20H24BrFN2O2. The first-order valence-electron chi connectivity index (χ1n) is 8.20. The molecular weight excluding hydrogens is 399 g/mol. The fourth-order valence-corrected chi connectivity index (χ4v) is 3.02. The van der Waals surface area contributed by atoms with Crippen LogP contribution in [-0.4, -0.2) is 29.2 Å². The van der Waals surface area contributed by atoms with Crippen molar-refractivity contribution < 1.29 is 14.6 Å². The minimum Gasteiger partial charge on any atom is -0.392 e. The molecule has 2 unspecified atom stereocenters. The van der Waals surface area contributed by atoms with Crippen molar-refractivity contribution in [3.63, 3.8) is 0 Å². The Bertz CT molecular complexity index is 744. The van der Waals surface area contributed by atoms with Gasteiger partial charge < -0.3 is 15.1 Å². The van der Waals surface area contributed by atoms with Gasteiger partial charge in [0.1, 0.15) is 5.82 Å². The van der Waals surface area contributed by atoms with Crippen LogP contribution >= 0.6 is 17.0 Å². The van der Waals surface area contributed by atoms with Gasteiger partial charge in [-0.15, -0.1) is 17.0 Å². The van der Waals surface area contributed by atoms with Gasteiger partial charge >= 0.3 is 0 Å². The van der Waals surface area contributed by atoms with Crippen molar-refractivity contribution in [3.05, 3.63) is 70.5 Å². The molecule has 2 aromatic rings. The topological polar surface area (TPSA) is 67.5 Å². The van der Waals surface area contributed by atoms with Crippen LogP contribution in [0, 0.1) is 17.1 Å². The summed E-state index contributed by atoms with van der Waals surface area (Å²) in [6.07, 6.45) is 0.418. The van der Waals surface area contributed by atoms with E-state index in [9.17, 15) is 14.6 Å². The van der Waals surface area contributed by atoms with Crippen molar-refractivity contribution >= 4 is 17.0 Å². The molecule has 0 amide bonds. The summed E-state index contributed by atoms with van der Waals surface area (Å²) in [5.74, 6) is -0.272. The fraction of sp³-hybridized carbons (Fsp3) is 0.350. The Morgan fingerprint density at radius 3 is 2.31 bits per heavy atom. The smallest absolute Gasteiger partial charge is 0.123 e. The number of nitrogens with zero attached hydrogens (tertiary/aromatic N) is 2. The molecule has 0 aliphatic heterocycles. The standard InChI is InChI=1S/C20H23FN2O2.BrH/c1-23(2)19(15-4-6-17(21)7-5-15)9-10-20(25)18-8-3-14(12-22)11-16(18)13-24;/h3-8,11,19-20,24-25H,9-10,13H2,1-2H3;1H. The van der Waals surface area contributed by atoms with Crippen LogP contribution in [0.4, 0.5) is 4.39 Å². The third-order valence-corrected chi connectivity index (χ3v) is 4.39. The predicted molar refractivity (Wildman–Crippen MR) is 104 cm³/mol. The van der Waals surface area contributed by atoms with E-state index in [0.717, 1.165) is 5.56 Å². The van der Waals surface area contributed by atoms with Crippen molar-refractivity contribution in [2.75, 3.05) is 14.1 Å². The molecule has 0 saturated heterocycles. The van der Waals surface area contributed by atoms with Gasteiger partial charge in [0.15, 0.2) is 0 Å². The lowest BCUT2D eigenvalue weighted by Gasteiger charge is -2.26. The molecule has 4 nitrogen and oxygen atoms in total. The third-order valence-electron chi connectivity index (χ3n) is 4.39. The van der Waals surface area contributed by atoms with Gasteiger partial charge in [0, 0.05) is 6.04 Å². The maximum absolute atomic E-state index is 13.1. The molecule has 2 atom stereocenters. The molecule has 140 valence electrons. The van der Waals surface area contributed by atoms with E-state index in [1.165, 1.54) is 12.1 Å². The molecule has 0 aromatic heterocycles. The quantitative estimate of drug-likeness (QED) is 0.710. The second-order valence-corrected chi connectivity index (χ2v) is 6.31. The van der Waals surface area contributed by atoms with Gasteiger partial charge in [0.05, 0.1) is 24.3 Å². The van der Waals surface area contributed by atoms with E-state index in [4.69, 9.17) is 5.26 Å². The van der Waals surface area contributed by atoms with Crippen LogP contribution in [0.5, 0.6) is 0 Å². The first-order chi connectivity index (χ1) is 12.0. The number of nitriles is 1. The Kier molecular flexibility index (Phi) is 8.89. The molecule has 2 N–H and O–H groups in total. The first-order valence-corrected chi connectivity index (χ1v) is 8.20. The van der Waals surface area contributed by atoms with Gasteiger partial charge in [0.2, 0.25) is 0 Å². The minimum absolute atomic E-state index is 0. The molecule has 0 radical (unpaired) electrons. The maximum atomic E-state index is 13.1. The fourth-order valence-electron chi connectivity index (χ4n) is 3.02.